The van der Waals surface area contributed by atoms with Gasteiger partial charge < -0.3 is 15.4 Å². The molecule has 1 aromatic carbocycles. The molecule has 0 fully saturated rings. The van der Waals surface area contributed by atoms with Crippen LogP contribution in [0.3, 0.4) is 0 Å². The van der Waals surface area contributed by atoms with E-state index in [-0.39, 0.29) is 0 Å². The van der Waals surface area contributed by atoms with Crippen molar-refractivity contribution >= 4 is 5.96 Å². The number of nitrogens with zero attached hydrogens (tertiary/aromatic N) is 3. The number of rotatable bonds is 9. The van der Waals surface area contributed by atoms with Crippen LogP contribution in [0, 0.1) is 13.8 Å². The monoisotopic (exact) mass is 357 g/mol. The molecule has 1 aromatic heterocycles. The molecule has 0 aliphatic carbocycles. The summed E-state index contributed by atoms with van der Waals surface area (Å²) in [7, 11) is 1.71. The van der Waals surface area contributed by atoms with Crippen molar-refractivity contribution in [3.8, 4) is 0 Å². The van der Waals surface area contributed by atoms with E-state index in [2.05, 4.69) is 63.5 Å². The Morgan fingerprint density at radius 2 is 2.00 bits per heavy atom. The molecule has 6 nitrogen and oxygen atoms in total. The van der Waals surface area contributed by atoms with Gasteiger partial charge in [0, 0.05) is 32.4 Å². The summed E-state index contributed by atoms with van der Waals surface area (Å²) >= 11 is 0. The molecule has 0 bridgehead atoms. The van der Waals surface area contributed by atoms with Crippen molar-refractivity contribution in [2.24, 2.45) is 4.99 Å². The summed E-state index contributed by atoms with van der Waals surface area (Å²) in [6.45, 7) is 10.1. The first-order chi connectivity index (χ1) is 12.6. The Hall–Kier alpha value is -2.34. The highest BCUT2D eigenvalue weighted by molar-refractivity contribution is 5.79. The second-order valence-electron chi connectivity index (χ2n) is 6.38. The molecule has 0 unspecified atom stereocenters. The molecule has 1 heterocycles. The van der Waals surface area contributed by atoms with Gasteiger partial charge in [0.1, 0.15) is 0 Å². The van der Waals surface area contributed by atoms with Gasteiger partial charge >= 0.3 is 0 Å². The summed E-state index contributed by atoms with van der Waals surface area (Å²) in [6.07, 6.45) is 0.996. The Morgan fingerprint density at radius 3 is 2.69 bits per heavy atom. The Kier molecular flexibility index (Phi) is 8.15. The second kappa shape index (κ2) is 10.6. The van der Waals surface area contributed by atoms with E-state index in [1.807, 2.05) is 13.0 Å². The summed E-state index contributed by atoms with van der Waals surface area (Å²) in [4.78, 5) is 4.68. The average Bonchev–Trinajstić information content (AvgIpc) is 2.94. The van der Waals surface area contributed by atoms with Crippen LogP contribution in [0.2, 0.25) is 0 Å². The largest absolute Gasteiger partial charge is 0.380 e. The lowest BCUT2D eigenvalue weighted by Crippen LogP contribution is -2.38. The van der Waals surface area contributed by atoms with E-state index in [1.54, 1.807) is 7.11 Å². The fraction of sp³-hybridized carbons (Fsp3) is 0.500. The number of hydrogen-bond donors (Lipinski definition) is 2. The van der Waals surface area contributed by atoms with Crippen molar-refractivity contribution in [3.63, 3.8) is 0 Å². The van der Waals surface area contributed by atoms with Crippen LogP contribution in [0.1, 0.15) is 35.9 Å². The van der Waals surface area contributed by atoms with Crippen LogP contribution in [0.15, 0.2) is 35.3 Å². The molecule has 0 aliphatic heterocycles. The molecule has 0 amide bonds. The molecule has 2 rings (SSSR count). The first-order valence-electron chi connectivity index (χ1n) is 9.22. The molecular formula is C20H31N5O. The Bertz CT molecular complexity index is 708. The highest BCUT2D eigenvalue weighted by atomic mass is 16.5. The Labute approximate surface area is 156 Å². The minimum absolute atomic E-state index is 0.627. The van der Waals surface area contributed by atoms with Crippen LogP contribution < -0.4 is 10.6 Å². The zero-order valence-corrected chi connectivity index (χ0v) is 16.4. The molecular weight excluding hydrogens is 326 g/mol. The minimum atomic E-state index is 0.627. The molecule has 0 saturated carbocycles. The van der Waals surface area contributed by atoms with Gasteiger partial charge in [-0.15, -0.1) is 0 Å². The molecule has 142 valence electrons. The smallest absolute Gasteiger partial charge is 0.191 e. The van der Waals surface area contributed by atoms with Crippen molar-refractivity contribution in [2.75, 3.05) is 20.2 Å². The molecule has 2 aromatic rings. The maximum Gasteiger partial charge on any atom is 0.191 e. The average molecular weight is 358 g/mol. The van der Waals surface area contributed by atoms with Crippen molar-refractivity contribution in [2.45, 2.75) is 46.9 Å². The van der Waals surface area contributed by atoms with Gasteiger partial charge in [-0.3, -0.25) is 4.68 Å². The zero-order chi connectivity index (χ0) is 18.8. The van der Waals surface area contributed by atoms with Crippen LogP contribution in [0.25, 0.3) is 0 Å². The topological polar surface area (TPSA) is 63.5 Å². The van der Waals surface area contributed by atoms with Gasteiger partial charge in [-0.1, -0.05) is 24.3 Å². The lowest BCUT2D eigenvalue weighted by molar-refractivity contribution is 0.185. The lowest BCUT2D eigenvalue weighted by atomic mass is 10.1. The third kappa shape index (κ3) is 6.52. The van der Waals surface area contributed by atoms with Gasteiger partial charge in [-0.05, 0) is 44.4 Å². The molecule has 26 heavy (non-hydrogen) atoms. The van der Waals surface area contributed by atoms with Gasteiger partial charge in [0.2, 0.25) is 0 Å². The fourth-order valence-electron chi connectivity index (χ4n) is 2.83. The van der Waals surface area contributed by atoms with E-state index in [1.165, 1.54) is 16.8 Å². The third-order valence-electron chi connectivity index (χ3n) is 4.01. The molecule has 0 atom stereocenters. The van der Waals surface area contributed by atoms with Crippen LogP contribution in [-0.4, -0.2) is 35.9 Å². The number of aliphatic imine (C=N–C) groups is 1. The quantitative estimate of drug-likeness (QED) is 0.411. The van der Waals surface area contributed by atoms with Gasteiger partial charge in [-0.25, -0.2) is 4.99 Å². The lowest BCUT2D eigenvalue weighted by Gasteiger charge is -2.12. The van der Waals surface area contributed by atoms with Crippen LogP contribution in [-0.2, 0) is 24.4 Å². The van der Waals surface area contributed by atoms with E-state index in [9.17, 15) is 0 Å². The van der Waals surface area contributed by atoms with Crippen LogP contribution in [0.4, 0.5) is 0 Å². The standard InChI is InChI=1S/C20H31N5O/c1-5-21-20(22-10-7-11-25-17(3)12-16(2)24-25)23-14-18-8-6-9-19(13-18)15-26-4/h6,8-9,12-13H,5,7,10-11,14-15H2,1-4H3,(H2,21,22,23). The molecule has 0 saturated heterocycles. The predicted molar refractivity (Wildman–Crippen MR) is 106 cm³/mol. The number of nitrogens with one attached hydrogen (secondary N) is 2. The van der Waals surface area contributed by atoms with E-state index in [0.29, 0.717) is 13.2 Å². The van der Waals surface area contributed by atoms with Crippen LogP contribution in [0.5, 0.6) is 0 Å². The van der Waals surface area contributed by atoms with Gasteiger partial charge in [0.15, 0.2) is 5.96 Å². The summed E-state index contributed by atoms with van der Waals surface area (Å²) < 4.78 is 7.25. The van der Waals surface area contributed by atoms with E-state index in [0.717, 1.165) is 37.7 Å². The normalized spacial score (nSPS) is 11.6. The number of methoxy groups -OCH3 is 1. The van der Waals surface area contributed by atoms with Crippen molar-refractivity contribution in [3.05, 3.63) is 52.8 Å². The number of hydrogen-bond acceptors (Lipinski definition) is 3. The van der Waals surface area contributed by atoms with Gasteiger partial charge in [-0.2, -0.15) is 5.10 Å². The first kappa shape index (κ1) is 20.0. The number of ether oxygens (including phenoxy) is 1. The van der Waals surface area contributed by atoms with E-state index in [4.69, 9.17) is 4.74 Å². The van der Waals surface area contributed by atoms with Gasteiger partial charge in [0.05, 0.1) is 18.8 Å². The Balaban J connectivity index is 1.84. The highest BCUT2D eigenvalue weighted by Gasteiger charge is 2.02. The maximum atomic E-state index is 5.19. The minimum Gasteiger partial charge on any atom is -0.380 e. The Morgan fingerprint density at radius 1 is 1.19 bits per heavy atom. The summed E-state index contributed by atoms with van der Waals surface area (Å²) in [5.41, 5.74) is 4.63. The van der Waals surface area contributed by atoms with E-state index >= 15 is 0 Å². The van der Waals surface area contributed by atoms with Crippen molar-refractivity contribution in [1.29, 1.82) is 0 Å². The molecule has 2 N–H and O–H groups in total. The summed E-state index contributed by atoms with van der Waals surface area (Å²) in [5, 5.41) is 11.2. The zero-order valence-electron chi connectivity index (χ0n) is 16.4. The molecule has 6 heteroatoms. The molecule has 0 aliphatic rings. The third-order valence-corrected chi connectivity index (χ3v) is 4.01. The van der Waals surface area contributed by atoms with Gasteiger partial charge in [0.25, 0.3) is 0 Å². The number of aryl methyl sites for hydroxylation is 3. The summed E-state index contributed by atoms with van der Waals surface area (Å²) in [5.74, 6) is 0.845. The molecule has 0 spiro atoms. The first-order valence-corrected chi connectivity index (χ1v) is 9.22. The SMILES string of the molecule is CCNC(=NCc1cccc(COC)c1)NCCCn1nc(C)cc1C. The highest BCUT2D eigenvalue weighted by Crippen LogP contribution is 2.07. The number of aromatic nitrogens is 2. The summed E-state index contributed by atoms with van der Waals surface area (Å²) in [6, 6.07) is 10.5. The fourth-order valence-corrected chi connectivity index (χ4v) is 2.83. The van der Waals surface area contributed by atoms with Crippen molar-refractivity contribution < 1.29 is 4.74 Å². The number of guanidine groups is 1. The predicted octanol–water partition coefficient (Wildman–Crippen LogP) is 2.79. The van der Waals surface area contributed by atoms with E-state index < -0.39 is 0 Å². The number of benzene rings is 1. The van der Waals surface area contributed by atoms with Crippen molar-refractivity contribution in [1.82, 2.24) is 20.4 Å². The van der Waals surface area contributed by atoms with Crippen LogP contribution >= 0.6 is 0 Å². The maximum absolute atomic E-state index is 5.19. The second-order valence-corrected chi connectivity index (χ2v) is 6.38. The molecule has 0 radical (unpaired) electrons.